The first-order chi connectivity index (χ1) is 10.6. The molecule has 0 aromatic heterocycles. The quantitative estimate of drug-likeness (QED) is 0.850. The Morgan fingerprint density at radius 2 is 1.59 bits per heavy atom. The fourth-order valence-corrected chi connectivity index (χ4v) is 2.14. The molecule has 0 aliphatic rings. The number of hydrogen-bond donors (Lipinski definition) is 1. The van der Waals surface area contributed by atoms with E-state index in [1.807, 2.05) is 6.07 Å². The van der Waals surface area contributed by atoms with Crippen molar-refractivity contribution in [3.05, 3.63) is 69.7 Å². The summed E-state index contributed by atoms with van der Waals surface area (Å²) in [6.45, 7) is -0.114. The number of rotatable bonds is 5. The van der Waals surface area contributed by atoms with E-state index in [-0.39, 0.29) is 23.7 Å². The number of carbonyl (C=O) groups is 2. The minimum Gasteiger partial charge on any atom is -0.452 e. The van der Waals surface area contributed by atoms with Gasteiger partial charge in [-0.1, -0.05) is 53.5 Å². The third-order valence-electron chi connectivity index (χ3n) is 2.86. The van der Waals surface area contributed by atoms with E-state index in [0.717, 1.165) is 5.56 Å². The van der Waals surface area contributed by atoms with Crippen LogP contribution in [0.2, 0.25) is 10.0 Å². The van der Waals surface area contributed by atoms with E-state index in [4.69, 9.17) is 27.9 Å². The summed E-state index contributed by atoms with van der Waals surface area (Å²) in [5.74, 6) is -1.06. The predicted octanol–water partition coefficient (Wildman–Crippen LogP) is 3.47. The molecule has 1 N–H and O–H groups in total. The fourth-order valence-electron chi connectivity index (χ4n) is 1.72. The smallest absolute Gasteiger partial charge is 0.340 e. The summed E-state index contributed by atoms with van der Waals surface area (Å²) in [4.78, 5) is 23.5. The highest BCUT2D eigenvalue weighted by Gasteiger charge is 2.13. The number of ether oxygens (including phenoxy) is 1. The van der Waals surface area contributed by atoms with E-state index in [1.54, 1.807) is 36.4 Å². The maximum Gasteiger partial charge on any atom is 0.340 e. The van der Waals surface area contributed by atoms with Crippen LogP contribution in [0.15, 0.2) is 48.5 Å². The lowest BCUT2D eigenvalue weighted by Gasteiger charge is -2.08. The van der Waals surface area contributed by atoms with E-state index >= 15 is 0 Å². The first kappa shape index (κ1) is 16.3. The van der Waals surface area contributed by atoms with E-state index in [9.17, 15) is 9.59 Å². The molecule has 2 aromatic carbocycles. The van der Waals surface area contributed by atoms with Crippen LogP contribution in [-0.2, 0) is 16.1 Å². The number of nitrogens with one attached hydrogen (secondary N) is 1. The van der Waals surface area contributed by atoms with Gasteiger partial charge in [0.15, 0.2) is 6.61 Å². The van der Waals surface area contributed by atoms with Gasteiger partial charge >= 0.3 is 5.97 Å². The maximum absolute atomic E-state index is 11.8. The van der Waals surface area contributed by atoms with Gasteiger partial charge < -0.3 is 10.1 Å². The number of benzene rings is 2. The normalized spacial score (nSPS) is 10.1. The maximum atomic E-state index is 11.8. The molecule has 0 aliphatic carbocycles. The zero-order chi connectivity index (χ0) is 15.9. The van der Waals surface area contributed by atoms with E-state index < -0.39 is 11.9 Å². The minimum absolute atomic E-state index is 0.225. The highest BCUT2D eigenvalue weighted by Crippen LogP contribution is 2.16. The average Bonchev–Trinajstić information content (AvgIpc) is 2.52. The Morgan fingerprint density at radius 1 is 0.955 bits per heavy atom. The van der Waals surface area contributed by atoms with Crippen molar-refractivity contribution in [2.45, 2.75) is 6.54 Å². The molecule has 4 nitrogen and oxygen atoms in total. The summed E-state index contributed by atoms with van der Waals surface area (Å²) in [6, 6.07) is 13.7. The Balaban J connectivity index is 1.82. The largest absolute Gasteiger partial charge is 0.452 e. The van der Waals surface area contributed by atoms with Gasteiger partial charge in [0.2, 0.25) is 0 Å². The van der Waals surface area contributed by atoms with Crippen molar-refractivity contribution in [1.82, 2.24) is 5.32 Å². The van der Waals surface area contributed by atoms with Crippen molar-refractivity contribution in [2.24, 2.45) is 0 Å². The van der Waals surface area contributed by atoms with Gasteiger partial charge in [-0.05, 0) is 23.8 Å². The summed E-state index contributed by atoms with van der Waals surface area (Å²) in [5.41, 5.74) is 1.01. The lowest BCUT2D eigenvalue weighted by Crippen LogP contribution is -2.28. The molecule has 0 radical (unpaired) electrons. The Labute approximate surface area is 138 Å². The van der Waals surface area contributed by atoms with Gasteiger partial charge in [-0.15, -0.1) is 0 Å². The summed E-state index contributed by atoms with van der Waals surface area (Å²) >= 11 is 11.9. The molecule has 0 saturated heterocycles. The zero-order valence-corrected chi connectivity index (χ0v) is 13.0. The molecule has 0 spiro atoms. The second-order valence-electron chi connectivity index (χ2n) is 4.42. The molecule has 2 aromatic rings. The summed E-state index contributed by atoms with van der Waals surface area (Å²) in [7, 11) is 0. The molecule has 1 amide bonds. The first-order valence-electron chi connectivity index (χ1n) is 6.49. The molecule has 2 rings (SSSR count). The first-order valence-corrected chi connectivity index (χ1v) is 7.25. The molecular formula is C16H13Cl2NO3. The highest BCUT2D eigenvalue weighted by molar-refractivity contribution is 6.33. The number of amides is 1. The average molecular weight is 338 g/mol. The van der Waals surface area contributed by atoms with Gasteiger partial charge in [0, 0.05) is 11.6 Å². The summed E-state index contributed by atoms with van der Waals surface area (Å²) < 4.78 is 4.92. The Bertz CT molecular complexity index is 689. The molecule has 0 heterocycles. The predicted molar refractivity (Wildman–Crippen MR) is 85.0 cm³/mol. The number of hydrogen-bond acceptors (Lipinski definition) is 3. The van der Waals surface area contributed by atoms with Crippen LogP contribution in [0.3, 0.4) is 0 Å². The third-order valence-corrected chi connectivity index (χ3v) is 3.56. The topological polar surface area (TPSA) is 55.4 Å². The van der Waals surface area contributed by atoms with Gasteiger partial charge in [0.25, 0.3) is 5.91 Å². The van der Waals surface area contributed by atoms with Crippen LogP contribution < -0.4 is 5.32 Å². The van der Waals surface area contributed by atoms with Crippen molar-refractivity contribution >= 4 is 35.1 Å². The van der Waals surface area contributed by atoms with Crippen LogP contribution in [0.5, 0.6) is 0 Å². The molecule has 0 atom stereocenters. The summed E-state index contributed by atoms with van der Waals surface area (Å²) in [5, 5.41) is 3.47. The van der Waals surface area contributed by atoms with Crippen LogP contribution in [0, 0.1) is 0 Å². The molecule has 0 aliphatic heterocycles. The Kier molecular flexibility index (Phi) is 5.81. The van der Waals surface area contributed by atoms with Crippen molar-refractivity contribution in [3.8, 4) is 0 Å². The van der Waals surface area contributed by atoms with Crippen LogP contribution in [0.4, 0.5) is 0 Å². The minimum atomic E-state index is -0.640. The lowest BCUT2D eigenvalue weighted by atomic mass is 10.2. The highest BCUT2D eigenvalue weighted by atomic mass is 35.5. The van der Waals surface area contributed by atoms with E-state index in [2.05, 4.69) is 5.32 Å². The summed E-state index contributed by atoms with van der Waals surface area (Å²) in [6.07, 6.45) is 0. The van der Waals surface area contributed by atoms with Crippen LogP contribution >= 0.6 is 23.2 Å². The number of carbonyl (C=O) groups excluding carboxylic acids is 2. The van der Waals surface area contributed by atoms with Crippen molar-refractivity contribution in [2.75, 3.05) is 6.61 Å². The molecule has 114 valence electrons. The van der Waals surface area contributed by atoms with E-state index in [1.165, 1.54) is 6.07 Å². The van der Waals surface area contributed by atoms with E-state index in [0.29, 0.717) is 5.02 Å². The van der Waals surface area contributed by atoms with Crippen LogP contribution in [0.25, 0.3) is 0 Å². The fraction of sp³-hybridized carbons (Fsp3) is 0.125. The van der Waals surface area contributed by atoms with Crippen molar-refractivity contribution in [3.63, 3.8) is 0 Å². The second kappa shape index (κ2) is 7.82. The van der Waals surface area contributed by atoms with Gasteiger partial charge in [0.05, 0.1) is 10.6 Å². The standard InChI is InChI=1S/C16H13Cl2NO3/c17-13-7-3-1-5-11(13)9-19-15(20)10-22-16(21)12-6-2-4-8-14(12)18/h1-8H,9-10H2,(H,19,20). The van der Waals surface area contributed by atoms with Gasteiger partial charge in [-0.3, -0.25) is 4.79 Å². The number of halogens is 2. The van der Waals surface area contributed by atoms with Gasteiger partial charge in [-0.2, -0.15) is 0 Å². The molecule has 0 unspecified atom stereocenters. The molecule has 0 fully saturated rings. The Hall–Kier alpha value is -2.04. The van der Waals surface area contributed by atoms with Gasteiger partial charge in [0.1, 0.15) is 0 Å². The third kappa shape index (κ3) is 4.48. The lowest BCUT2D eigenvalue weighted by molar-refractivity contribution is -0.124. The molecule has 0 saturated carbocycles. The van der Waals surface area contributed by atoms with Crippen LogP contribution in [-0.4, -0.2) is 18.5 Å². The van der Waals surface area contributed by atoms with Gasteiger partial charge in [-0.25, -0.2) is 4.79 Å². The SMILES string of the molecule is O=C(COC(=O)c1ccccc1Cl)NCc1ccccc1Cl. The zero-order valence-electron chi connectivity index (χ0n) is 11.5. The second-order valence-corrected chi connectivity index (χ2v) is 5.24. The van der Waals surface area contributed by atoms with Crippen molar-refractivity contribution in [1.29, 1.82) is 0 Å². The van der Waals surface area contributed by atoms with Crippen molar-refractivity contribution < 1.29 is 14.3 Å². The van der Waals surface area contributed by atoms with Crippen LogP contribution in [0.1, 0.15) is 15.9 Å². The monoisotopic (exact) mass is 337 g/mol. The molecular weight excluding hydrogens is 325 g/mol. The molecule has 0 bridgehead atoms. The Morgan fingerprint density at radius 3 is 2.27 bits per heavy atom. The molecule has 22 heavy (non-hydrogen) atoms. The molecule has 6 heteroatoms. The number of esters is 1.